The maximum absolute atomic E-state index is 14.2. The number of aromatic nitrogens is 1. The molecule has 3 heterocycles. The van der Waals surface area contributed by atoms with Crippen molar-refractivity contribution in [2.75, 3.05) is 28.4 Å². The molecule has 1 aliphatic rings. The third-order valence-electron chi connectivity index (χ3n) is 10.5. The number of ether oxygens (including phenoxy) is 6. The van der Waals surface area contributed by atoms with Gasteiger partial charge >= 0.3 is 17.6 Å². The minimum Gasteiger partial charge on any atom is -0.493 e. The summed E-state index contributed by atoms with van der Waals surface area (Å²) in [5.74, 6) is 1.26. The van der Waals surface area contributed by atoms with Crippen molar-refractivity contribution in [1.29, 1.82) is 0 Å². The molecule has 0 bridgehead atoms. The van der Waals surface area contributed by atoms with Gasteiger partial charge in [0.1, 0.15) is 11.1 Å². The molecule has 58 heavy (non-hydrogen) atoms. The number of carbonyl (C=O) groups is 2. The molecule has 1 aliphatic heterocycles. The van der Waals surface area contributed by atoms with Crippen LogP contribution in [0.4, 0.5) is 0 Å². The quantitative estimate of drug-likeness (QED) is 0.0638. The summed E-state index contributed by atoms with van der Waals surface area (Å²) in [7, 11) is 6.18. The summed E-state index contributed by atoms with van der Waals surface area (Å²) in [6, 6.07) is 31.9. The summed E-state index contributed by atoms with van der Waals surface area (Å²) in [4.78, 5) is 40.3. The summed E-state index contributed by atoms with van der Waals surface area (Å²) in [6.45, 7) is 0.465. The number of aryl methyl sites for hydroxylation is 4. The Morgan fingerprint density at radius 1 is 0.638 bits per heavy atom. The van der Waals surface area contributed by atoms with Gasteiger partial charge in [-0.2, -0.15) is 0 Å². The maximum Gasteiger partial charge on any atom is 0.361 e. The van der Waals surface area contributed by atoms with Crippen molar-refractivity contribution >= 4 is 33.8 Å². The lowest BCUT2D eigenvalue weighted by atomic mass is 9.91. The van der Waals surface area contributed by atoms with E-state index in [4.69, 9.17) is 32.8 Å². The highest BCUT2D eigenvalue weighted by Gasteiger charge is 2.31. The van der Waals surface area contributed by atoms with E-state index in [1.807, 2.05) is 83.4 Å². The number of hydrogen-bond acceptors (Lipinski definition) is 10. The summed E-state index contributed by atoms with van der Waals surface area (Å²) in [6.07, 6.45) is 1.95. The first-order chi connectivity index (χ1) is 28.3. The van der Waals surface area contributed by atoms with Gasteiger partial charge in [-0.3, -0.25) is 9.59 Å². The zero-order valence-electron chi connectivity index (χ0n) is 32.6. The standard InChI is InChI=1S/C47H41NO10/c1-52-36-24-31(17-18-34(36)56-41(49)19-15-28-11-7-5-8-12-28)43-44-33-26-39(55-4)40(57-42(50)20-16-29-13-9-6-10-14-29)27-35(33)58-47(51)46(44)48-22-21-30-23-37(53-2)38(54-3)25-32(30)45(43)48/h5-14,17-18,23-27H,15-16,19-22H2,1-4H3. The number of fused-ring (bicyclic) bond motifs is 7. The van der Waals surface area contributed by atoms with E-state index in [2.05, 4.69) is 0 Å². The lowest BCUT2D eigenvalue weighted by Crippen LogP contribution is -2.15. The molecule has 11 nitrogen and oxygen atoms in total. The Hall–Kier alpha value is -7.01. The molecule has 0 saturated carbocycles. The Balaban J connectivity index is 1.27. The topological polar surface area (TPSA) is 125 Å². The van der Waals surface area contributed by atoms with Crippen LogP contribution in [0.3, 0.4) is 0 Å². The van der Waals surface area contributed by atoms with Gasteiger partial charge in [0.2, 0.25) is 0 Å². The molecule has 294 valence electrons. The zero-order valence-corrected chi connectivity index (χ0v) is 32.6. The van der Waals surface area contributed by atoms with Crippen LogP contribution in [-0.2, 0) is 35.4 Å². The molecule has 5 aromatic carbocycles. The molecule has 0 fully saturated rings. The van der Waals surface area contributed by atoms with E-state index in [1.54, 1.807) is 32.4 Å². The minimum absolute atomic E-state index is 0.128. The van der Waals surface area contributed by atoms with E-state index in [9.17, 15) is 14.4 Å². The van der Waals surface area contributed by atoms with Crippen molar-refractivity contribution in [1.82, 2.24) is 4.57 Å². The number of nitrogens with zero attached hydrogens (tertiary/aromatic N) is 1. The lowest BCUT2D eigenvalue weighted by molar-refractivity contribution is -0.135. The number of hydrogen-bond donors (Lipinski definition) is 0. The molecule has 0 unspecified atom stereocenters. The Morgan fingerprint density at radius 3 is 1.83 bits per heavy atom. The fourth-order valence-electron chi connectivity index (χ4n) is 7.70. The molecule has 2 aromatic heterocycles. The molecule has 11 heteroatoms. The van der Waals surface area contributed by atoms with Crippen LogP contribution in [0, 0.1) is 0 Å². The molecule has 0 radical (unpaired) electrons. The minimum atomic E-state index is -0.568. The Labute approximate surface area is 334 Å². The van der Waals surface area contributed by atoms with E-state index in [1.165, 1.54) is 20.3 Å². The van der Waals surface area contributed by atoms with Gasteiger partial charge in [0.25, 0.3) is 0 Å². The SMILES string of the molecule is COc1cc2c(cc1OC)-c1c(-c3ccc(OC(=O)CCc4ccccc4)c(OC)c3)c3c4cc(OC)c(OC(=O)CCc5ccccc5)cc4oc(=O)c3n1CC2. The average molecular weight is 780 g/mol. The molecule has 0 atom stereocenters. The van der Waals surface area contributed by atoms with Crippen LogP contribution in [-0.4, -0.2) is 44.9 Å². The van der Waals surface area contributed by atoms with Gasteiger partial charge < -0.3 is 37.4 Å². The molecular formula is C47H41NO10. The number of methoxy groups -OCH3 is 4. The first kappa shape index (κ1) is 37.9. The van der Waals surface area contributed by atoms with Crippen molar-refractivity contribution in [2.24, 2.45) is 0 Å². The number of esters is 2. The molecule has 0 N–H and O–H groups in total. The van der Waals surface area contributed by atoms with Crippen molar-refractivity contribution in [3.63, 3.8) is 0 Å². The second-order valence-corrected chi connectivity index (χ2v) is 13.9. The van der Waals surface area contributed by atoms with Crippen LogP contribution in [0.25, 0.3) is 44.3 Å². The number of benzene rings is 5. The molecule has 0 amide bonds. The summed E-state index contributed by atoms with van der Waals surface area (Å²) < 4.78 is 42.6. The highest BCUT2D eigenvalue weighted by Crippen LogP contribution is 2.50. The van der Waals surface area contributed by atoms with Gasteiger partial charge in [-0.05, 0) is 71.8 Å². The van der Waals surface area contributed by atoms with Crippen molar-refractivity contribution in [3.8, 4) is 56.9 Å². The predicted octanol–water partition coefficient (Wildman–Crippen LogP) is 8.75. The number of rotatable bonds is 13. The van der Waals surface area contributed by atoms with E-state index < -0.39 is 17.6 Å². The first-order valence-corrected chi connectivity index (χ1v) is 18.9. The Bertz CT molecular complexity index is 2730. The summed E-state index contributed by atoms with van der Waals surface area (Å²) in [5.41, 5.74) is 6.01. The van der Waals surface area contributed by atoms with Gasteiger partial charge in [-0.25, -0.2) is 4.79 Å². The van der Waals surface area contributed by atoms with Crippen LogP contribution in [0.5, 0.6) is 34.5 Å². The van der Waals surface area contributed by atoms with Gasteiger partial charge in [0.15, 0.2) is 34.5 Å². The fourth-order valence-corrected chi connectivity index (χ4v) is 7.70. The Kier molecular flexibility index (Phi) is 10.6. The lowest BCUT2D eigenvalue weighted by Gasteiger charge is -2.23. The smallest absolute Gasteiger partial charge is 0.361 e. The van der Waals surface area contributed by atoms with Gasteiger partial charge in [-0.1, -0.05) is 66.7 Å². The summed E-state index contributed by atoms with van der Waals surface area (Å²) in [5, 5.41) is 1.16. The predicted molar refractivity (Wildman–Crippen MR) is 220 cm³/mol. The first-order valence-electron chi connectivity index (χ1n) is 18.9. The van der Waals surface area contributed by atoms with Crippen LogP contribution < -0.4 is 34.0 Å². The molecule has 0 spiro atoms. The molecular weight excluding hydrogens is 739 g/mol. The largest absolute Gasteiger partial charge is 0.493 e. The second-order valence-electron chi connectivity index (χ2n) is 13.9. The highest BCUT2D eigenvalue weighted by molar-refractivity contribution is 6.17. The fraction of sp³-hybridized carbons (Fsp3) is 0.213. The van der Waals surface area contributed by atoms with E-state index in [0.29, 0.717) is 70.5 Å². The average Bonchev–Trinajstić information content (AvgIpc) is 3.61. The molecule has 0 saturated heterocycles. The van der Waals surface area contributed by atoms with Crippen molar-refractivity contribution in [2.45, 2.75) is 38.6 Å². The second kappa shape index (κ2) is 16.2. The van der Waals surface area contributed by atoms with E-state index >= 15 is 0 Å². The maximum atomic E-state index is 14.2. The van der Waals surface area contributed by atoms with Crippen molar-refractivity contribution < 1.29 is 42.4 Å². The number of carbonyl (C=O) groups excluding carboxylic acids is 2. The van der Waals surface area contributed by atoms with Gasteiger partial charge in [0, 0.05) is 47.4 Å². The van der Waals surface area contributed by atoms with Crippen LogP contribution in [0.2, 0.25) is 0 Å². The normalized spacial score (nSPS) is 11.8. The van der Waals surface area contributed by atoms with E-state index in [0.717, 1.165) is 27.9 Å². The summed E-state index contributed by atoms with van der Waals surface area (Å²) >= 11 is 0. The molecule has 0 aliphatic carbocycles. The van der Waals surface area contributed by atoms with Crippen LogP contribution in [0.1, 0.15) is 29.5 Å². The zero-order chi connectivity index (χ0) is 40.3. The van der Waals surface area contributed by atoms with E-state index in [-0.39, 0.29) is 35.7 Å². The van der Waals surface area contributed by atoms with Gasteiger partial charge in [-0.15, -0.1) is 0 Å². The third-order valence-corrected chi connectivity index (χ3v) is 10.5. The third kappa shape index (κ3) is 7.22. The molecule has 7 aromatic rings. The van der Waals surface area contributed by atoms with Crippen LogP contribution >= 0.6 is 0 Å². The molecule has 8 rings (SSSR count). The van der Waals surface area contributed by atoms with Crippen LogP contribution in [0.15, 0.2) is 112 Å². The Morgan fingerprint density at radius 2 is 1.21 bits per heavy atom. The monoisotopic (exact) mass is 779 g/mol. The highest BCUT2D eigenvalue weighted by atomic mass is 16.6. The van der Waals surface area contributed by atoms with Crippen molar-refractivity contribution in [3.05, 3.63) is 130 Å². The van der Waals surface area contributed by atoms with Gasteiger partial charge in [0.05, 0.1) is 34.1 Å².